The lowest BCUT2D eigenvalue weighted by molar-refractivity contribution is -0.142. The molecule has 0 spiro atoms. The maximum absolute atomic E-state index is 11.9. The molecule has 1 heterocycles. The van der Waals surface area contributed by atoms with Gasteiger partial charge in [-0.05, 0) is 24.6 Å². The Kier molecular flexibility index (Phi) is 4.57. The number of nitrogens with two attached hydrogens (primary N) is 1. The molecular formula is C14H19N3O3. The van der Waals surface area contributed by atoms with Gasteiger partial charge in [-0.15, -0.1) is 0 Å². The highest BCUT2D eigenvalue weighted by Crippen LogP contribution is 2.20. The number of hydrogen-bond acceptors (Lipinski definition) is 4. The van der Waals surface area contributed by atoms with E-state index in [0.29, 0.717) is 31.1 Å². The second kappa shape index (κ2) is 6.38. The van der Waals surface area contributed by atoms with Crippen LogP contribution in [0.15, 0.2) is 18.2 Å². The van der Waals surface area contributed by atoms with Crippen LogP contribution in [-0.4, -0.2) is 43.0 Å². The standard InChI is InChI=1S/C14H19N3O3/c1-10-11(15)3-2-4-12(10)16-13(18)5-6-17-7-8-20-9-14(17)19/h2-4H,5-9,15H2,1H3,(H,16,18). The summed E-state index contributed by atoms with van der Waals surface area (Å²) in [5.41, 5.74) is 7.99. The highest BCUT2D eigenvalue weighted by atomic mass is 16.5. The molecule has 108 valence electrons. The van der Waals surface area contributed by atoms with Crippen molar-refractivity contribution in [1.29, 1.82) is 0 Å². The first kappa shape index (κ1) is 14.3. The van der Waals surface area contributed by atoms with Crippen LogP contribution in [0.2, 0.25) is 0 Å². The summed E-state index contributed by atoms with van der Waals surface area (Å²) in [6.07, 6.45) is 0.264. The smallest absolute Gasteiger partial charge is 0.248 e. The lowest BCUT2D eigenvalue weighted by atomic mass is 10.1. The number of nitrogens with one attached hydrogen (secondary N) is 1. The van der Waals surface area contributed by atoms with Gasteiger partial charge in [0.15, 0.2) is 0 Å². The second-order valence-electron chi connectivity index (χ2n) is 4.75. The summed E-state index contributed by atoms with van der Waals surface area (Å²) in [6.45, 7) is 3.45. The summed E-state index contributed by atoms with van der Waals surface area (Å²) < 4.78 is 5.04. The summed E-state index contributed by atoms with van der Waals surface area (Å²) in [4.78, 5) is 25.1. The van der Waals surface area contributed by atoms with Gasteiger partial charge in [-0.3, -0.25) is 9.59 Å². The maximum Gasteiger partial charge on any atom is 0.248 e. The molecule has 2 amide bonds. The number of amides is 2. The largest absolute Gasteiger partial charge is 0.398 e. The maximum atomic E-state index is 11.9. The molecule has 1 aliphatic rings. The van der Waals surface area contributed by atoms with Crippen LogP contribution in [0.5, 0.6) is 0 Å². The van der Waals surface area contributed by atoms with E-state index in [4.69, 9.17) is 10.5 Å². The van der Waals surface area contributed by atoms with Crippen molar-refractivity contribution in [3.63, 3.8) is 0 Å². The average Bonchev–Trinajstić information content (AvgIpc) is 2.43. The molecule has 1 aromatic rings. The summed E-state index contributed by atoms with van der Waals surface area (Å²) in [6, 6.07) is 5.39. The predicted molar refractivity (Wildman–Crippen MR) is 76.2 cm³/mol. The lowest BCUT2D eigenvalue weighted by Crippen LogP contribution is -2.42. The van der Waals surface area contributed by atoms with Gasteiger partial charge in [0.1, 0.15) is 6.61 Å². The molecule has 1 saturated heterocycles. The van der Waals surface area contributed by atoms with Gasteiger partial charge in [-0.1, -0.05) is 6.07 Å². The number of ether oxygens (including phenoxy) is 1. The Hall–Kier alpha value is -2.08. The van der Waals surface area contributed by atoms with Crippen molar-refractivity contribution in [3.05, 3.63) is 23.8 Å². The van der Waals surface area contributed by atoms with Crippen LogP contribution in [-0.2, 0) is 14.3 Å². The molecule has 1 aliphatic heterocycles. The normalized spacial score (nSPS) is 15.2. The van der Waals surface area contributed by atoms with Crippen molar-refractivity contribution in [2.24, 2.45) is 0 Å². The van der Waals surface area contributed by atoms with E-state index in [9.17, 15) is 9.59 Å². The van der Waals surface area contributed by atoms with E-state index in [2.05, 4.69) is 5.32 Å². The molecule has 0 atom stereocenters. The number of nitrogen functional groups attached to an aromatic ring is 1. The first-order chi connectivity index (χ1) is 9.58. The van der Waals surface area contributed by atoms with Gasteiger partial charge < -0.3 is 20.7 Å². The zero-order chi connectivity index (χ0) is 14.5. The number of rotatable bonds is 4. The third kappa shape index (κ3) is 3.48. The third-order valence-corrected chi connectivity index (χ3v) is 3.34. The van der Waals surface area contributed by atoms with Crippen LogP contribution in [0.1, 0.15) is 12.0 Å². The molecular weight excluding hydrogens is 258 g/mol. The molecule has 1 fully saturated rings. The van der Waals surface area contributed by atoms with Crippen molar-refractivity contribution >= 4 is 23.2 Å². The zero-order valence-corrected chi connectivity index (χ0v) is 11.5. The third-order valence-electron chi connectivity index (χ3n) is 3.34. The molecule has 6 nitrogen and oxygen atoms in total. The highest BCUT2D eigenvalue weighted by Gasteiger charge is 2.19. The molecule has 6 heteroatoms. The first-order valence-electron chi connectivity index (χ1n) is 6.58. The Labute approximate surface area is 117 Å². The molecule has 0 saturated carbocycles. The minimum Gasteiger partial charge on any atom is -0.398 e. The number of hydrogen-bond donors (Lipinski definition) is 2. The molecule has 0 aromatic heterocycles. The Morgan fingerprint density at radius 2 is 2.30 bits per heavy atom. The Bertz CT molecular complexity index is 516. The number of anilines is 2. The minimum absolute atomic E-state index is 0.0656. The first-order valence-corrected chi connectivity index (χ1v) is 6.58. The zero-order valence-electron chi connectivity index (χ0n) is 11.5. The number of carbonyl (C=O) groups is 2. The molecule has 0 bridgehead atoms. The van der Waals surface area contributed by atoms with Gasteiger partial charge >= 0.3 is 0 Å². The van der Waals surface area contributed by atoms with Gasteiger partial charge in [0.2, 0.25) is 11.8 Å². The lowest BCUT2D eigenvalue weighted by Gasteiger charge is -2.26. The van der Waals surface area contributed by atoms with E-state index in [1.54, 1.807) is 17.0 Å². The van der Waals surface area contributed by atoms with E-state index in [1.165, 1.54) is 0 Å². The SMILES string of the molecule is Cc1c(N)cccc1NC(=O)CCN1CCOCC1=O. The van der Waals surface area contributed by atoms with Crippen molar-refractivity contribution in [2.75, 3.05) is 37.4 Å². The number of nitrogens with zero attached hydrogens (tertiary/aromatic N) is 1. The van der Waals surface area contributed by atoms with E-state index < -0.39 is 0 Å². The van der Waals surface area contributed by atoms with E-state index in [1.807, 2.05) is 13.0 Å². The van der Waals surface area contributed by atoms with E-state index in [-0.39, 0.29) is 24.8 Å². The second-order valence-corrected chi connectivity index (χ2v) is 4.75. The summed E-state index contributed by atoms with van der Waals surface area (Å²) in [5.74, 6) is -0.192. The van der Waals surface area contributed by atoms with Crippen molar-refractivity contribution < 1.29 is 14.3 Å². The van der Waals surface area contributed by atoms with Crippen molar-refractivity contribution in [1.82, 2.24) is 4.90 Å². The number of benzene rings is 1. The van der Waals surface area contributed by atoms with Crippen molar-refractivity contribution in [3.8, 4) is 0 Å². The molecule has 20 heavy (non-hydrogen) atoms. The summed E-state index contributed by atoms with van der Waals surface area (Å²) in [7, 11) is 0. The van der Waals surface area contributed by atoms with Crippen LogP contribution >= 0.6 is 0 Å². The van der Waals surface area contributed by atoms with Gasteiger partial charge in [-0.2, -0.15) is 0 Å². The number of carbonyl (C=O) groups excluding carboxylic acids is 2. The molecule has 2 rings (SSSR count). The van der Waals surface area contributed by atoms with Crippen molar-refractivity contribution in [2.45, 2.75) is 13.3 Å². The van der Waals surface area contributed by atoms with E-state index in [0.717, 1.165) is 5.56 Å². The van der Waals surface area contributed by atoms with Crippen LogP contribution < -0.4 is 11.1 Å². The number of morpholine rings is 1. The van der Waals surface area contributed by atoms with Crippen LogP contribution in [0.4, 0.5) is 11.4 Å². The van der Waals surface area contributed by atoms with Gasteiger partial charge in [-0.25, -0.2) is 0 Å². The fraction of sp³-hybridized carbons (Fsp3) is 0.429. The summed E-state index contributed by atoms with van der Waals surface area (Å²) >= 11 is 0. The molecule has 0 unspecified atom stereocenters. The van der Waals surface area contributed by atoms with Gasteiger partial charge in [0.25, 0.3) is 0 Å². The molecule has 1 aromatic carbocycles. The minimum atomic E-state index is -0.127. The van der Waals surface area contributed by atoms with Crippen LogP contribution in [0.25, 0.3) is 0 Å². The van der Waals surface area contributed by atoms with Gasteiger partial charge in [0.05, 0.1) is 6.61 Å². The average molecular weight is 277 g/mol. The Morgan fingerprint density at radius 3 is 3.05 bits per heavy atom. The fourth-order valence-electron chi connectivity index (χ4n) is 2.02. The topological polar surface area (TPSA) is 84.7 Å². The Balaban J connectivity index is 1.86. The Morgan fingerprint density at radius 1 is 1.50 bits per heavy atom. The molecule has 0 radical (unpaired) electrons. The molecule has 0 aliphatic carbocycles. The summed E-state index contributed by atoms with van der Waals surface area (Å²) in [5, 5.41) is 2.82. The monoisotopic (exact) mass is 277 g/mol. The predicted octanol–water partition coefficient (Wildman–Crippen LogP) is 0.765. The van der Waals surface area contributed by atoms with Crippen LogP contribution in [0.3, 0.4) is 0 Å². The molecule has 3 N–H and O–H groups in total. The van der Waals surface area contributed by atoms with E-state index >= 15 is 0 Å². The fourth-order valence-corrected chi connectivity index (χ4v) is 2.02. The quantitative estimate of drug-likeness (QED) is 0.796. The van der Waals surface area contributed by atoms with Gasteiger partial charge in [0, 0.05) is 30.9 Å². The highest BCUT2D eigenvalue weighted by molar-refractivity contribution is 5.92. The van der Waals surface area contributed by atoms with Crippen LogP contribution in [0, 0.1) is 6.92 Å².